The van der Waals surface area contributed by atoms with E-state index in [2.05, 4.69) is 27.5 Å². The molecule has 0 atom stereocenters. The number of thiocarbonyl (C=S) groups is 1. The summed E-state index contributed by atoms with van der Waals surface area (Å²) in [5.74, 6) is 0.449. The second-order valence-electron chi connectivity index (χ2n) is 1.72. The molecule has 0 radical (unpaired) electrons. The molecule has 3 N–H and O–H groups in total. The highest BCUT2D eigenvalue weighted by atomic mass is 35.5. The summed E-state index contributed by atoms with van der Waals surface area (Å²) in [6.45, 7) is 0. The van der Waals surface area contributed by atoms with Crippen molar-refractivity contribution < 1.29 is 0 Å². The largest absolute Gasteiger partial charge is 0.376 e. The van der Waals surface area contributed by atoms with Crippen LogP contribution in [0, 0.1) is 0 Å². The molecule has 1 rings (SSSR count). The van der Waals surface area contributed by atoms with Gasteiger partial charge in [0.2, 0.25) is 0 Å². The van der Waals surface area contributed by atoms with Gasteiger partial charge in [0.15, 0.2) is 10.9 Å². The molecular weight excluding hydrogens is 184 g/mol. The third-order valence-electron chi connectivity index (χ3n) is 0.856. The van der Waals surface area contributed by atoms with E-state index in [1.807, 2.05) is 0 Å². The monoisotopic (exact) mass is 188 g/mol. The lowest BCUT2D eigenvalue weighted by Crippen LogP contribution is -2.19. The van der Waals surface area contributed by atoms with Crippen molar-refractivity contribution in [3.8, 4) is 0 Å². The molecule has 1 aromatic heterocycles. The molecule has 1 heterocycles. The normalized spacial score (nSPS) is 9.18. The summed E-state index contributed by atoms with van der Waals surface area (Å²) in [5, 5.41) is 3.03. The lowest BCUT2D eigenvalue weighted by molar-refractivity contribution is 1.20. The Morgan fingerprint density at radius 3 is 2.91 bits per heavy atom. The molecule has 0 aliphatic rings. The van der Waals surface area contributed by atoms with Gasteiger partial charge in [-0.3, -0.25) is 4.98 Å². The summed E-state index contributed by atoms with van der Waals surface area (Å²) in [6.07, 6.45) is 2.90. The molecule has 0 amide bonds. The highest BCUT2D eigenvalue weighted by Crippen LogP contribution is 2.05. The van der Waals surface area contributed by atoms with E-state index in [-0.39, 0.29) is 5.11 Å². The van der Waals surface area contributed by atoms with Gasteiger partial charge in [0.25, 0.3) is 0 Å². The predicted octanol–water partition coefficient (Wildman–Crippen LogP) is 0.786. The van der Waals surface area contributed by atoms with Crippen LogP contribution in [-0.2, 0) is 0 Å². The molecule has 0 saturated heterocycles. The molecule has 0 saturated carbocycles. The fraction of sp³-hybridized carbons (Fsp3) is 0. The molecule has 0 aliphatic heterocycles. The molecule has 1 aromatic rings. The second-order valence-corrected chi connectivity index (χ2v) is 2.54. The zero-order valence-electron chi connectivity index (χ0n) is 5.41. The van der Waals surface area contributed by atoms with E-state index in [0.717, 1.165) is 0 Å². The van der Waals surface area contributed by atoms with Crippen LogP contribution in [0.3, 0.4) is 0 Å². The SMILES string of the molecule is NC(=S)Nc1cncc(Cl)n1. The van der Waals surface area contributed by atoms with Crippen molar-refractivity contribution in [1.29, 1.82) is 0 Å². The highest BCUT2D eigenvalue weighted by Gasteiger charge is 1.95. The van der Waals surface area contributed by atoms with Crippen molar-refractivity contribution >= 4 is 34.7 Å². The first-order chi connectivity index (χ1) is 5.18. The van der Waals surface area contributed by atoms with Crippen LogP contribution in [0.2, 0.25) is 5.15 Å². The van der Waals surface area contributed by atoms with Crippen LogP contribution in [0.15, 0.2) is 12.4 Å². The summed E-state index contributed by atoms with van der Waals surface area (Å²) < 4.78 is 0. The molecule has 0 aromatic carbocycles. The Balaban J connectivity index is 2.79. The number of aromatic nitrogens is 2. The Bertz CT molecular complexity index is 277. The summed E-state index contributed by atoms with van der Waals surface area (Å²) >= 11 is 10.1. The first-order valence-electron chi connectivity index (χ1n) is 2.72. The van der Waals surface area contributed by atoms with Crippen LogP contribution in [0.4, 0.5) is 5.82 Å². The Kier molecular flexibility index (Phi) is 2.56. The molecule has 0 fully saturated rings. The summed E-state index contributed by atoms with van der Waals surface area (Å²) in [6, 6.07) is 0. The standard InChI is InChI=1S/C5H5ClN4S/c6-3-1-8-2-4(9-3)10-5(7)11/h1-2H,(H3,7,9,10,11). The van der Waals surface area contributed by atoms with Crippen molar-refractivity contribution in [1.82, 2.24) is 9.97 Å². The molecule has 58 valence electrons. The third-order valence-corrected chi connectivity index (χ3v) is 1.14. The van der Waals surface area contributed by atoms with Gasteiger partial charge in [-0.1, -0.05) is 11.6 Å². The highest BCUT2D eigenvalue weighted by molar-refractivity contribution is 7.80. The lowest BCUT2D eigenvalue weighted by atomic mass is 10.6. The van der Waals surface area contributed by atoms with Gasteiger partial charge >= 0.3 is 0 Å². The molecule has 11 heavy (non-hydrogen) atoms. The minimum absolute atomic E-state index is 0.140. The molecule has 0 aliphatic carbocycles. The zero-order chi connectivity index (χ0) is 8.27. The number of nitrogens with zero attached hydrogens (tertiary/aromatic N) is 2. The number of rotatable bonds is 1. The van der Waals surface area contributed by atoms with Crippen LogP contribution in [0.1, 0.15) is 0 Å². The van der Waals surface area contributed by atoms with Gasteiger partial charge in [0.1, 0.15) is 5.15 Å². The van der Waals surface area contributed by atoms with Crippen LogP contribution in [-0.4, -0.2) is 15.1 Å². The topological polar surface area (TPSA) is 63.8 Å². The number of hydrogen-bond donors (Lipinski definition) is 2. The van der Waals surface area contributed by atoms with Gasteiger partial charge in [0.05, 0.1) is 12.4 Å². The Morgan fingerprint density at radius 2 is 2.36 bits per heavy atom. The van der Waals surface area contributed by atoms with Crippen molar-refractivity contribution in [2.45, 2.75) is 0 Å². The fourth-order valence-corrected chi connectivity index (χ4v) is 0.781. The van der Waals surface area contributed by atoms with Crippen LogP contribution < -0.4 is 11.1 Å². The Morgan fingerprint density at radius 1 is 1.64 bits per heavy atom. The van der Waals surface area contributed by atoms with Gasteiger partial charge in [-0.05, 0) is 12.2 Å². The quantitative estimate of drug-likeness (QED) is 0.638. The molecule has 0 unspecified atom stereocenters. The van der Waals surface area contributed by atoms with Crippen molar-refractivity contribution in [3.05, 3.63) is 17.5 Å². The van der Waals surface area contributed by atoms with E-state index in [1.54, 1.807) is 0 Å². The van der Waals surface area contributed by atoms with E-state index >= 15 is 0 Å². The van der Waals surface area contributed by atoms with Crippen molar-refractivity contribution in [2.75, 3.05) is 5.32 Å². The van der Waals surface area contributed by atoms with E-state index in [1.165, 1.54) is 12.4 Å². The average Bonchev–Trinajstić information content (AvgIpc) is 1.85. The van der Waals surface area contributed by atoms with Gasteiger partial charge in [-0.2, -0.15) is 0 Å². The molecule has 0 bridgehead atoms. The number of hydrogen-bond acceptors (Lipinski definition) is 3. The Labute approximate surface area is 73.8 Å². The van der Waals surface area contributed by atoms with Gasteiger partial charge in [0, 0.05) is 0 Å². The van der Waals surface area contributed by atoms with Gasteiger partial charge in [-0.15, -0.1) is 0 Å². The van der Waals surface area contributed by atoms with E-state index in [9.17, 15) is 0 Å². The fourth-order valence-electron chi connectivity index (χ4n) is 0.529. The number of nitrogens with two attached hydrogens (primary N) is 1. The molecular formula is C5H5ClN4S. The summed E-state index contributed by atoms with van der Waals surface area (Å²) in [5.41, 5.74) is 5.18. The van der Waals surface area contributed by atoms with Crippen molar-refractivity contribution in [3.63, 3.8) is 0 Å². The first kappa shape index (κ1) is 8.16. The Hall–Kier alpha value is -0.940. The van der Waals surface area contributed by atoms with Crippen LogP contribution >= 0.6 is 23.8 Å². The minimum Gasteiger partial charge on any atom is -0.376 e. The maximum Gasteiger partial charge on any atom is 0.169 e. The third kappa shape index (κ3) is 2.65. The second kappa shape index (κ2) is 3.45. The number of halogens is 1. The van der Waals surface area contributed by atoms with E-state index in [4.69, 9.17) is 17.3 Å². The maximum atomic E-state index is 5.53. The number of nitrogens with one attached hydrogen (secondary N) is 1. The first-order valence-corrected chi connectivity index (χ1v) is 3.51. The molecule has 0 spiro atoms. The predicted molar refractivity (Wildman–Crippen MR) is 47.5 cm³/mol. The van der Waals surface area contributed by atoms with E-state index < -0.39 is 0 Å². The minimum atomic E-state index is 0.140. The zero-order valence-corrected chi connectivity index (χ0v) is 6.99. The molecule has 4 nitrogen and oxygen atoms in total. The lowest BCUT2D eigenvalue weighted by Gasteiger charge is -2.00. The maximum absolute atomic E-state index is 5.53. The average molecular weight is 189 g/mol. The summed E-state index contributed by atoms with van der Waals surface area (Å²) in [4.78, 5) is 7.60. The molecule has 6 heteroatoms. The smallest absolute Gasteiger partial charge is 0.169 e. The van der Waals surface area contributed by atoms with E-state index in [0.29, 0.717) is 11.0 Å². The van der Waals surface area contributed by atoms with Gasteiger partial charge in [-0.25, -0.2) is 4.98 Å². The van der Waals surface area contributed by atoms with Gasteiger partial charge < -0.3 is 11.1 Å². The number of anilines is 1. The van der Waals surface area contributed by atoms with Crippen LogP contribution in [0.5, 0.6) is 0 Å². The van der Waals surface area contributed by atoms with Crippen molar-refractivity contribution in [2.24, 2.45) is 5.73 Å². The van der Waals surface area contributed by atoms with Crippen LogP contribution in [0.25, 0.3) is 0 Å². The summed E-state index contributed by atoms with van der Waals surface area (Å²) in [7, 11) is 0.